The summed E-state index contributed by atoms with van der Waals surface area (Å²) in [5.41, 5.74) is 17.1. The average molecular weight is 568 g/mol. The monoisotopic (exact) mass is 567 g/mol. The van der Waals surface area contributed by atoms with Crippen LogP contribution in [0.1, 0.15) is 48.9 Å². The first-order valence-electron chi connectivity index (χ1n) is 16.0. The largest absolute Gasteiger partial charge is 0.310 e. The molecule has 0 N–H and O–H groups in total. The van der Waals surface area contributed by atoms with E-state index in [1.165, 1.54) is 74.2 Å². The Morgan fingerprint density at radius 3 is 1.64 bits per heavy atom. The van der Waals surface area contributed by atoms with Crippen LogP contribution in [0.5, 0.6) is 0 Å². The predicted molar refractivity (Wildman–Crippen MR) is 186 cm³/mol. The number of para-hydroxylation sites is 2. The minimum absolute atomic E-state index is 0.101. The summed E-state index contributed by atoms with van der Waals surface area (Å²) in [6.07, 6.45) is 4.84. The zero-order valence-electron chi connectivity index (χ0n) is 25.6. The highest BCUT2D eigenvalue weighted by molar-refractivity contribution is 5.98. The van der Waals surface area contributed by atoms with Gasteiger partial charge in [0, 0.05) is 22.4 Å². The smallest absolute Gasteiger partial charge is 0.0543 e. The molecule has 6 aromatic carbocycles. The molecular formula is C43H37N. The minimum atomic E-state index is -0.101. The number of hydrogen-bond acceptors (Lipinski definition) is 1. The number of rotatable bonds is 5. The molecule has 0 heterocycles. The molecule has 0 spiro atoms. The highest BCUT2D eigenvalue weighted by atomic mass is 15.1. The molecule has 44 heavy (non-hydrogen) atoms. The SMILES string of the molecule is CC1(C)c2ccccc2-c2cc(-c3cc4c(cc3-c3ccccc3)CCCC4)c(N(c3ccccc3)c3ccccc3)cc21. The van der Waals surface area contributed by atoms with E-state index in [9.17, 15) is 0 Å². The van der Waals surface area contributed by atoms with Gasteiger partial charge in [-0.1, -0.05) is 117 Å². The quantitative estimate of drug-likeness (QED) is 0.200. The second-order valence-corrected chi connectivity index (χ2v) is 12.8. The van der Waals surface area contributed by atoms with Crippen molar-refractivity contribution in [1.29, 1.82) is 0 Å². The van der Waals surface area contributed by atoms with E-state index in [4.69, 9.17) is 0 Å². The predicted octanol–water partition coefficient (Wildman–Crippen LogP) is 11.7. The lowest BCUT2D eigenvalue weighted by Gasteiger charge is -2.31. The molecule has 0 aromatic heterocycles. The second kappa shape index (κ2) is 10.7. The summed E-state index contributed by atoms with van der Waals surface area (Å²) >= 11 is 0. The Balaban J connectivity index is 1.49. The van der Waals surface area contributed by atoms with Crippen molar-refractivity contribution in [2.45, 2.75) is 44.9 Å². The first-order valence-corrected chi connectivity index (χ1v) is 16.0. The summed E-state index contributed by atoms with van der Waals surface area (Å²) in [4.78, 5) is 2.46. The highest BCUT2D eigenvalue weighted by Crippen LogP contribution is 2.54. The van der Waals surface area contributed by atoms with E-state index in [1.807, 2.05) is 0 Å². The molecule has 1 heteroatoms. The van der Waals surface area contributed by atoms with E-state index in [0.29, 0.717) is 0 Å². The zero-order valence-corrected chi connectivity index (χ0v) is 25.6. The van der Waals surface area contributed by atoms with Gasteiger partial charge in [-0.3, -0.25) is 0 Å². The van der Waals surface area contributed by atoms with E-state index < -0.39 is 0 Å². The molecule has 0 saturated heterocycles. The molecule has 6 aromatic rings. The fourth-order valence-electron chi connectivity index (χ4n) is 7.58. The van der Waals surface area contributed by atoms with Crippen LogP contribution in [0.4, 0.5) is 17.1 Å². The zero-order chi connectivity index (χ0) is 29.7. The summed E-state index contributed by atoms with van der Waals surface area (Å²) in [6.45, 7) is 4.76. The fourth-order valence-corrected chi connectivity index (χ4v) is 7.58. The maximum Gasteiger partial charge on any atom is 0.0543 e. The van der Waals surface area contributed by atoms with Crippen LogP contribution >= 0.6 is 0 Å². The first-order chi connectivity index (χ1) is 21.6. The Labute approximate surface area is 261 Å². The van der Waals surface area contributed by atoms with Crippen LogP contribution in [-0.4, -0.2) is 0 Å². The lowest BCUT2D eigenvalue weighted by atomic mass is 9.80. The molecule has 0 aliphatic heterocycles. The number of anilines is 3. The van der Waals surface area contributed by atoms with Crippen molar-refractivity contribution in [2.24, 2.45) is 0 Å². The van der Waals surface area contributed by atoms with Crippen LogP contribution in [0.3, 0.4) is 0 Å². The standard InChI is InChI=1S/C43H37N/c1-43(2)40-25-15-14-24-35(40)38-28-39(37-27-32-19-13-12-18-31(32)26-36(37)30-16-6-3-7-17-30)42(29-41(38)43)44(33-20-8-4-9-21-33)34-22-10-5-11-23-34/h3-11,14-17,20-29H,12-13,18-19H2,1-2H3. The van der Waals surface area contributed by atoms with Crippen molar-refractivity contribution in [1.82, 2.24) is 0 Å². The molecule has 2 aliphatic carbocycles. The molecule has 214 valence electrons. The number of fused-ring (bicyclic) bond motifs is 4. The molecule has 0 saturated carbocycles. The van der Waals surface area contributed by atoms with Gasteiger partial charge in [-0.05, 0) is 112 Å². The third-order valence-corrected chi connectivity index (χ3v) is 9.83. The van der Waals surface area contributed by atoms with Crippen molar-refractivity contribution in [2.75, 3.05) is 4.90 Å². The normalized spacial score (nSPS) is 14.4. The van der Waals surface area contributed by atoms with Crippen LogP contribution in [0.15, 0.2) is 140 Å². The Bertz CT molecular complexity index is 1930. The van der Waals surface area contributed by atoms with E-state index in [0.717, 1.165) is 24.2 Å². The van der Waals surface area contributed by atoms with Crippen LogP contribution < -0.4 is 4.90 Å². The summed E-state index contributed by atoms with van der Waals surface area (Å²) in [6, 6.07) is 51.7. The van der Waals surface area contributed by atoms with Crippen LogP contribution in [0.25, 0.3) is 33.4 Å². The molecule has 0 unspecified atom stereocenters. The van der Waals surface area contributed by atoms with Gasteiger partial charge in [0.1, 0.15) is 0 Å². The Hall–Kier alpha value is -4.88. The molecule has 0 fully saturated rings. The topological polar surface area (TPSA) is 3.24 Å². The number of hydrogen-bond donors (Lipinski definition) is 0. The third-order valence-electron chi connectivity index (χ3n) is 9.83. The van der Waals surface area contributed by atoms with Crippen LogP contribution in [-0.2, 0) is 18.3 Å². The second-order valence-electron chi connectivity index (χ2n) is 12.8. The Morgan fingerprint density at radius 1 is 0.455 bits per heavy atom. The van der Waals surface area contributed by atoms with E-state index in [-0.39, 0.29) is 5.41 Å². The number of benzene rings is 6. The van der Waals surface area contributed by atoms with E-state index in [2.05, 4.69) is 158 Å². The molecule has 0 radical (unpaired) electrons. The average Bonchev–Trinajstić information content (AvgIpc) is 3.31. The third kappa shape index (κ3) is 4.38. The van der Waals surface area contributed by atoms with Gasteiger partial charge < -0.3 is 4.90 Å². The van der Waals surface area contributed by atoms with Gasteiger partial charge >= 0.3 is 0 Å². The van der Waals surface area contributed by atoms with Gasteiger partial charge in [-0.15, -0.1) is 0 Å². The Morgan fingerprint density at radius 2 is 1.00 bits per heavy atom. The molecular weight excluding hydrogens is 530 g/mol. The van der Waals surface area contributed by atoms with E-state index >= 15 is 0 Å². The van der Waals surface area contributed by atoms with Crippen LogP contribution in [0.2, 0.25) is 0 Å². The Kier molecular flexibility index (Phi) is 6.49. The molecule has 2 aliphatic rings. The molecule has 0 atom stereocenters. The van der Waals surface area contributed by atoms with Crippen molar-refractivity contribution in [3.8, 4) is 33.4 Å². The lowest BCUT2D eigenvalue weighted by molar-refractivity contribution is 0.660. The summed E-state index contributed by atoms with van der Waals surface area (Å²) in [7, 11) is 0. The number of aryl methyl sites for hydroxylation is 2. The molecule has 1 nitrogen and oxygen atoms in total. The molecule has 0 amide bonds. The van der Waals surface area contributed by atoms with Crippen molar-refractivity contribution in [3.63, 3.8) is 0 Å². The van der Waals surface area contributed by atoms with Crippen molar-refractivity contribution in [3.05, 3.63) is 162 Å². The first kappa shape index (κ1) is 26.7. The maximum absolute atomic E-state index is 2.53. The number of nitrogens with zero attached hydrogens (tertiary/aromatic N) is 1. The van der Waals surface area contributed by atoms with Crippen molar-refractivity contribution < 1.29 is 0 Å². The molecule has 0 bridgehead atoms. The van der Waals surface area contributed by atoms with Gasteiger partial charge in [0.15, 0.2) is 0 Å². The van der Waals surface area contributed by atoms with Gasteiger partial charge in [0.2, 0.25) is 0 Å². The van der Waals surface area contributed by atoms with E-state index in [1.54, 1.807) is 0 Å². The summed E-state index contributed by atoms with van der Waals surface area (Å²) in [5.74, 6) is 0. The summed E-state index contributed by atoms with van der Waals surface area (Å²) in [5, 5.41) is 0. The van der Waals surface area contributed by atoms with Crippen LogP contribution in [0, 0.1) is 0 Å². The lowest BCUT2D eigenvalue weighted by Crippen LogP contribution is -2.17. The van der Waals surface area contributed by atoms with Gasteiger partial charge in [-0.25, -0.2) is 0 Å². The fraction of sp³-hybridized carbons (Fsp3) is 0.163. The van der Waals surface area contributed by atoms with Gasteiger partial charge in [-0.2, -0.15) is 0 Å². The summed E-state index contributed by atoms with van der Waals surface area (Å²) < 4.78 is 0. The maximum atomic E-state index is 2.53. The highest BCUT2D eigenvalue weighted by Gasteiger charge is 2.37. The van der Waals surface area contributed by atoms with Gasteiger partial charge in [0.25, 0.3) is 0 Å². The van der Waals surface area contributed by atoms with Crippen molar-refractivity contribution >= 4 is 17.1 Å². The minimum Gasteiger partial charge on any atom is -0.310 e. The van der Waals surface area contributed by atoms with Gasteiger partial charge in [0.05, 0.1) is 5.69 Å². The molecule has 8 rings (SSSR count).